The van der Waals surface area contributed by atoms with Crippen LogP contribution in [0.1, 0.15) is 58.3 Å². The molecule has 2 heterocycles. The van der Waals surface area contributed by atoms with Crippen LogP contribution >= 0.6 is 0 Å². The van der Waals surface area contributed by atoms with Crippen LogP contribution in [0.25, 0.3) is 0 Å². The SMILES string of the molecule is CCOC(=O)N1CCC(NC(=O)[C@@H]2CC23CCN(C[C@@H]2CC=CCC2)CC3)CC1. The summed E-state index contributed by atoms with van der Waals surface area (Å²) < 4.78 is 5.07. The van der Waals surface area contributed by atoms with Crippen molar-refractivity contribution in [2.45, 2.75) is 64.3 Å². The predicted molar refractivity (Wildman–Crippen MR) is 112 cm³/mol. The zero-order valence-electron chi connectivity index (χ0n) is 17.9. The van der Waals surface area contributed by atoms with E-state index in [-0.39, 0.29) is 29.4 Å². The summed E-state index contributed by atoms with van der Waals surface area (Å²) in [4.78, 5) is 29.0. The maximum absolute atomic E-state index is 12.8. The number of ether oxygens (including phenoxy) is 1. The third-order valence-corrected chi connectivity index (χ3v) is 7.62. The molecule has 1 N–H and O–H groups in total. The van der Waals surface area contributed by atoms with E-state index in [2.05, 4.69) is 22.4 Å². The highest BCUT2D eigenvalue weighted by molar-refractivity contribution is 5.83. The van der Waals surface area contributed by atoms with E-state index in [1.165, 1.54) is 38.6 Å². The average Bonchev–Trinajstić information content (AvgIpc) is 3.45. The lowest BCUT2D eigenvalue weighted by Gasteiger charge is -2.35. The lowest BCUT2D eigenvalue weighted by molar-refractivity contribution is -0.124. The summed E-state index contributed by atoms with van der Waals surface area (Å²) in [5.41, 5.74) is 0.276. The molecule has 0 unspecified atom stereocenters. The van der Waals surface area contributed by atoms with Gasteiger partial charge in [0.05, 0.1) is 6.61 Å². The van der Waals surface area contributed by atoms with Gasteiger partial charge in [-0.25, -0.2) is 4.79 Å². The Bertz CT molecular complexity index is 619. The van der Waals surface area contributed by atoms with Crippen molar-refractivity contribution in [3.8, 4) is 0 Å². The maximum atomic E-state index is 12.8. The summed E-state index contributed by atoms with van der Waals surface area (Å²) in [6.07, 6.45) is 13.3. The van der Waals surface area contributed by atoms with Gasteiger partial charge >= 0.3 is 6.09 Å². The Morgan fingerprint density at radius 1 is 1.10 bits per heavy atom. The molecule has 1 saturated carbocycles. The van der Waals surface area contributed by atoms with Crippen LogP contribution in [0.2, 0.25) is 0 Å². The second-order valence-corrected chi connectivity index (χ2v) is 9.54. The Hall–Kier alpha value is -1.56. The number of hydrogen-bond donors (Lipinski definition) is 1. The van der Waals surface area contributed by atoms with E-state index in [1.807, 2.05) is 6.92 Å². The number of nitrogens with one attached hydrogen (secondary N) is 1. The molecule has 162 valence electrons. The highest BCUT2D eigenvalue weighted by atomic mass is 16.6. The summed E-state index contributed by atoms with van der Waals surface area (Å²) in [6, 6.07) is 0.199. The molecule has 4 aliphatic rings. The van der Waals surface area contributed by atoms with E-state index in [9.17, 15) is 9.59 Å². The van der Waals surface area contributed by atoms with Crippen LogP contribution in [-0.2, 0) is 9.53 Å². The molecule has 0 aromatic rings. The van der Waals surface area contributed by atoms with Crippen molar-refractivity contribution in [1.29, 1.82) is 0 Å². The first-order chi connectivity index (χ1) is 14.1. The lowest BCUT2D eigenvalue weighted by atomic mass is 9.88. The fraction of sp³-hybridized carbons (Fsp3) is 0.826. The van der Waals surface area contributed by atoms with Gasteiger partial charge in [-0.3, -0.25) is 4.79 Å². The molecular weight excluding hydrogens is 366 g/mol. The highest BCUT2D eigenvalue weighted by Gasteiger charge is 2.58. The minimum absolute atomic E-state index is 0.199. The van der Waals surface area contributed by atoms with Gasteiger partial charge in [0.2, 0.25) is 5.91 Å². The lowest BCUT2D eigenvalue weighted by Crippen LogP contribution is -2.47. The number of hydrogen-bond acceptors (Lipinski definition) is 4. The molecule has 6 heteroatoms. The van der Waals surface area contributed by atoms with Gasteiger partial charge in [-0.1, -0.05) is 12.2 Å². The summed E-state index contributed by atoms with van der Waals surface area (Å²) in [5, 5.41) is 3.28. The number of piperidine rings is 2. The number of nitrogens with zero attached hydrogens (tertiary/aromatic N) is 2. The van der Waals surface area contributed by atoms with Crippen LogP contribution in [0.15, 0.2) is 12.2 Å². The summed E-state index contributed by atoms with van der Waals surface area (Å²) in [5.74, 6) is 1.30. The van der Waals surface area contributed by atoms with Gasteiger partial charge in [0, 0.05) is 31.6 Å². The van der Waals surface area contributed by atoms with Gasteiger partial charge < -0.3 is 19.9 Å². The number of amides is 2. The van der Waals surface area contributed by atoms with Gasteiger partial charge in [-0.15, -0.1) is 0 Å². The minimum atomic E-state index is -0.227. The molecule has 2 saturated heterocycles. The Balaban J connectivity index is 1.16. The zero-order valence-corrected chi connectivity index (χ0v) is 17.9. The first-order valence-electron chi connectivity index (χ1n) is 11.7. The first kappa shape index (κ1) is 20.7. The molecule has 0 bridgehead atoms. The summed E-state index contributed by atoms with van der Waals surface area (Å²) >= 11 is 0. The van der Waals surface area contributed by atoms with E-state index in [1.54, 1.807) is 4.90 Å². The standard InChI is InChI=1S/C23H37N3O3/c1-2-29-22(28)26-12-8-19(9-13-26)24-21(27)20-16-23(20)10-14-25(15-11-23)17-18-6-4-3-5-7-18/h3-4,18-20H,2,5-17H2,1H3,(H,24,27)/t18-,20+/m1/s1. The van der Waals surface area contributed by atoms with E-state index < -0.39 is 0 Å². The largest absolute Gasteiger partial charge is 0.450 e. The third kappa shape index (κ3) is 4.96. The van der Waals surface area contributed by atoms with Crippen LogP contribution in [0.5, 0.6) is 0 Å². The van der Waals surface area contributed by atoms with Crippen molar-refractivity contribution >= 4 is 12.0 Å². The molecule has 2 atom stereocenters. The quantitative estimate of drug-likeness (QED) is 0.716. The third-order valence-electron chi connectivity index (χ3n) is 7.62. The predicted octanol–water partition coefficient (Wildman–Crippen LogP) is 3.18. The van der Waals surface area contributed by atoms with Crippen LogP contribution < -0.4 is 5.32 Å². The van der Waals surface area contributed by atoms with Gasteiger partial charge in [0.25, 0.3) is 0 Å². The monoisotopic (exact) mass is 403 g/mol. The van der Waals surface area contributed by atoms with Crippen molar-refractivity contribution in [2.24, 2.45) is 17.3 Å². The van der Waals surface area contributed by atoms with E-state index in [0.717, 1.165) is 38.3 Å². The molecular formula is C23H37N3O3. The molecule has 2 aliphatic heterocycles. The van der Waals surface area contributed by atoms with Gasteiger partial charge in [-0.2, -0.15) is 0 Å². The van der Waals surface area contributed by atoms with E-state index in [4.69, 9.17) is 4.74 Å². The highest BCUT2D eigenvalue weighted by Crippen LogP contribution is 2.59. The van der Waals surface area contributed by atoms with Gasteiger partial charge in [-0.05, 0) is 82.7 Å². The fourth-order valence-corrected chi connectivity index (χ4v) is 5.56. The molecule has 0 aromatic carbocycles. The Labute approximate surface area is 175 Å². The topological polar surface area (TPSA) is 61.9 Å². The first-order valence-corrected chi connectivity index (χ1v) is 11.7. The molecule has 0 radical (unpaired) electrons. The zero-order chi connectivity index (χ0) is 20.3. The normalized spacial score (nSPS) is 29.6. The number of carbonyl (C=O) groups is 2. The molecule has 3 fully saturated rings. The van der Waals surface area contributed by atoms with Crippen LogP contribution in [0.3, 0.4) is 0 Å². The summed E-state index contributed by atoms with van der Waals surface area (Å²) in [7, 11) is 0. The van der Waals surface area contributed by atoms with E-state index in [0.29, 0.717) is 19.7 Å². The smallest absolute Gasteiger partial charge is 0.409 e. The number of likely N-dealkylation sites (tertiary alicyclic amines) is 2. The Kier molecular flexibility index (Phi) is 6.47. The maximum Gasteiger partial charge on any atom is 0.409 e. The van der Waals surface area contributed by atoms with E-state index >= 15 is 0 Å². The van der Waals surface area contributed by atoms with Gasteiger partial charge in [0.15, 0.2) is 0 Å². The van der Waals surface area contributed by atoms with Crippen LogP contribution in [0.4, 0.5) is 4.79 Å². The number of rotatable bonds is 5. The van der Waals surface area contributed by atoms with Crippen LogP contribution in [0, 0.1) is 17.3 Å². The van der Waals surface area contributed by atoms with Crippen molar-refractivity contribution in [2.75, 3.05) is 39.3 Å². The summed E-state index contributed by atoms with van der Waals surface area (Å²) in [6.45, 7) is 7.12. The molecule has 29 heavy (non-hydrogen) atoms. The molecule has 1 spiro atoms. The van der Waals surface area contributed by atoms with Crippen molar-refractivity contribution in [3.05, 3.63) is 12.2 Å². The van der Waals surface area contributed by atoms with Crippen molar-refractivity contribution < 1.29 is 14.3 Å². The molecule has 6 nitrogen and oxygen atoms in total. The molecule has 2 aliphatic carbocycles. The molecule has 0 aromatic heterocycles. The van der Waals surface area contributed by atoms with Crippen molar-refractivity contribution in [1.82, 2.24) is 15.1 Å². The molecule has 4 rings (SSSR count). The van der Waals surface area contributed by atoms with Crippen molar-refractivity contribution in [3.63, 3.8) is 0 Å². The Morgan fingerprint density at radius 2 is 1.86 bits per heavy atom. The Morgan fingerprint density at radius 3 is 2.52 bits per heavy atom. The minimum Gasteiger partial charge on any atom is -0.450 e. The average molecular weight is 404 g/mol. The second-order valence-electron chi connectivity index (χ2n) is 9.54. The van der Waals surface area contributed by atoms with Crippen LogP contribution in [-0.4, -0.2) is 67.2 Å². The molecule has 2 amide bonds. The second kappa shape index (κ2) is 9.07. The number of allylic oxidation sites excluding steroid dienone is 2. The van der Waals surface area contributed by atoms with Gasteiger partial charge in [0.1, 0.15) is 0 Å². The fourth-order valence-electron chi connectivity index (χ4n) is 5.56. The number of carbonyl (C=O) groups excluding carboxylic acids is 2.